The Kier molecular flexibility index (Phi) is 4.38. The molecule has 0 atom stereocenters. The normalized spacial score (nSPS) is 10.2. The van der Waals surface area contributed by atoms with Gasteiger partial charge in [-0.3, -0.25) is 4.79 Å². The van der Waals surface area contributed by atoms with E-state index in [1.54, 1.807) is 43.8 Å². The van der Waals surface area contributed by atoms with E-state index in [4.69, 9.17) is 10.5 Å². The van der Waals surface area contributed by atoms with Crippen LogP contribution in [0.3, 0.4) is 0 Å². The molecule has 3 rings (SSSR count). The van der Waals surface area contributed by atoms with Crippen LogP contribution in [0, 0.1) is 0 Å². The van der Waals surface area contributed by atoms with E-state index in [1.807, 2.05) is 24.3 Å². The molecule has 120 valence electrons. The third-order valence-electron chi connectivity index (χ3n) is 3.46. The molecule has 3 N–H and O–H groups in total. The van der Waals surface area contributed by atoms with Crippen LogP contribution < -0.4 is 15.8 Å². The number of carbonyl (C=O) groups is 1. The van der Waals surface area contributed by atoms with Crippen molar-refractivity contribution in [2.24, 2.45) is 0 Å². The molecule has 0 aliphatic heterocycles. The summed E-state index contributed by atoms with van der Waals surface area (Å²) in [5.74, 6) is 0.649. The summed E-state index contributed by atoms with van der Waals surface area (Å²) in [5.41, 5.74) is 8.41. The van der Waals surface area contributed by atoms with Crippen molar-refractivity contribution in [2.75, 3.05) is 18.2 Å². The molecule has 0 saturated heterocycles. The number of methoxy groups -OCH3 is 1. The van der Waals surface area contributed by atoms with Gasteiger partial charge in [0.15, 0.2) is 0 Å². The number of aromatic nitrogens is 2. The second-order valence-corrected chi connectivity index (χ2v) is 5.10. The van der Waals surface area contributed by atoms with Gasteiger partial charge in [-0.05, 0) is 35.9 Å². The highest BCUT2D eigenvalue weighted by molar-refractivity contribution is 6.04. The minimum atomic E-state index is -0.209. The van der Waals surface area contributed by atoms with Gasteiger partial charge in [-0.1, -0.05) is 18.2 Å². The highest BCUT2D eigenvalue weighted by Crippen LogP contribution is 2.22. The van der Waals surface area contributed by atoms with Crippen LogP contribution in [0.2, 0.25) is 0 Å². The Morgan fingerprint density at radius 3 is 2.54 bits per heavy atom. The van der Waals surface area contributed by atoms with Gasteiger partial charge in [-0.15, -0.1) is 0 Å². The Balaban J connectivity index is 1.81. The molecule has 0 unspecified atom stereocenters. The first-order valence-electron chi connectivity index (χ1n) is 7.29. The summed E-state index contributed by atoms with van der Waals surface area (Å²) in [5, 5.41) is 2.87. The number of ether oxygens (including phenoxy) is 1. The second-order valence-electron chi connectivity index (χ2n) is 5.10. The van der Waals surface area contributed by atoms with E-state index in [2.05, 4.69) is 15.3 Å². The van der Waals surface area contributed by atoms with Gasteiger partial charge in [-0.2, -0.15) is 0 Å². The molecular formula is C18H16N4O2. The van der Waals surface area contributed by atoms with Crippen molar-refractivity contribution in [1.82, 2.24) is 9.97 Å². The number of carbonyl (C=O) groups excluding carboxylic acids is 1. The lowest BCUT2D eigenvalue weighted by Crippen LogP contribution is -2.11. The van der Waals surface area contributed by atoms with E-state index in [1.165, 1.54) is 0 Å². The fourth-order valence-corrected chi connectivity index (χ4v) is 2.23. The largest absolute Gasteiger partial charge is 0.497 e. The molecule has 1 heterocycles. The summed E-state index contributed by atoms with van der Waals surface area (Å²) in [6.07, 6.45) is 3.29. The summed E-state index contributed by atoms with van der Waals surface area (Å²) >= 11 is 0. The number of hydrogen-bond donors (Lipinski definition) is 2. The summed E-state index contributed by atoms with van der Waals surface area (Å²) in [4.78, 5) is 20.3. The maximum absolute atomic E-state index is 12.4. The lowest BCUT2D eigenvalue weighted by atomic mass is 10.1. The topological polar surface area (TPSA) is 90.1 Å². The van der Waals surface area contributed by atoms with Gasteiger partial charge in [-0.25, -0.2) is 9.97 Å². The molecule has 0 fully saturated rings. The molecule has 0 spiro atoms. The third-order valence-corrected chi connectivity index (χ3v) is 3.46. The van der Waals surface area contributed by atoms with Crippen molar-refractivity contribution in [1.29, 1.82) is 0 Å². The second kappa shape index (κ2) is 6.78. The molecule has 6 nitrogen and oxygen atoms in total. The maximum Gasteiger partial charge on any atom is 0.255 e. The number of nitrogens with zero attached hydrogens (tertiary/aromatic N) is 2. The number of benzene rings is 2. The van der Waals surface area contributed by atoms with Crippen LogP contribution in [0.5, 0.6) is 5.75 Å². The predicted molar refractivity (Wildman–Crippen MR) is 92.8 cm³/mol. The maximum atomic E-state index is 12.4. The fraction of sp³-hybridized carbons (Fsp3) is 0.0556. The van der Waals surface area contributed by atoms with E-state index in [9.17, 15) is 4.79 Å². The third kappa shape index (κ3) is 3.49. The average molecular weight is 320 g/mol. The number of rotatable bonds is 4. The molecule has 0 aliphatic carbocycles. The lowest BCUT2D eigenvalue weighted by molar-refractivity contribution is 0.102. The van der Waals surface area contributed by atoms with Crippen LogP contribution in [-0.2, 0) is 0 Å². The highest BCUT2D eigenvalue weighted by Gasteiger charge is 2.08. The Morgan fingerprint density at radius 1 is 1.04 bits per heavy atom. The number of amides is 1. The minimum Gasteiger partial charge on any atom is -0.497 e. The van der Waals surface area contributed by atoms with Gasteiger partial charge in [0.05, 0.1) is 7.11 Å². The van der Waals surface area contributed by atoms with Crippen LogP contribution in [0.4, 0.5) is 11.6 Å². The van der Waals surface area contributed by atoms with Gasteiger partial charge < -0.3 is 15.8 Å². The number of nitrogens with one attached hydrogen (secondary N) is 1. The van der Waals surface area contributed by atoms with Crippen molar-refractivity contribution in [3.05, 3.63) is 66.5 Å². The summed E-state index contributed by atoms with van der Waals surface area (Å²) in [7, 11) is 1.56. The Labute approximate surface area is 139 Å². The molecule has 0 radical (unpaired) electrons. The lowest BCUT2D eigenvalue weighted by Gasteiger charge is -2.08. The molecule has 2 aromatic carbocycles. The van der Waals surface area contributed by atoms with Crippen molar-refractivity contribution < 1.29 is 9.53 Å². The first-order valence-corrected chi connectivity index (χ1v) is 7.29. The zero-order valence-electron chi connectivity index (χ0n) is 13.1. The quantitative estimate of drug-likeness (QED) is 0.771. The first kappa shape index (κ1) is 15.5. The van der Waals surface area contributed by atoms with Crippen LogP contribution in [0.1, 0.15) is 10.4 Å². The zero-order valence-corrected chi connectivity index (χ0v) is 13.1. The van der Waals surface area contributed by atoms with Crippen LogP contribution in [0.15, 0.2) is 60.9 Å². The van der Waals surface area contributed by atoms with Gasteiger partial charge in [0.1, 0.15) is 5.75 Å². The Hall–Kier alpha value is -3.41. The van der Waals surface area contributed by atoms with Crippen LogP contribution in [0.25, 0.3) is 11.1 Å². The van der Waals surface area contributed by atoms with Crippen LogP contribution in [-0.4, -0.2) is 23.0 Å². The van der Waals surface area contributed by atoms with E-state index in [-0.39, 0.29) is 11.9 Å². The minimum absolute atomic E-state index is 0.209. The predicted octanol–water partition coefficient (Wildman–Crippen LogP) is 2.99. The molecule has 24 heavy (non-hydrogen) atoms. The van der Waals surface area contributed by atoms with Gasteiger partial charge >= 0.3 is 0 Å². The van der Waals surface area contributed by atoms with Crippen LogP contribution >= 0.6 is 0 Å². The van der Waals surface area contributed by atoms with Gasteiger partial charge in [0, 0.05) is 29.2 Å². The Morgan fingerprint density at radius 2 is 1.79 bits per heavy atom. The number of anilines is 2. The Bertz CT molecular complexity index is 863. The van der Waals surface area contributed by atoms with E-state index >= 15 is 0 Å². The van der Waals surface area contributed by atoms with Gasteiger partial charge in [0.25, 0.3) is 5.91 Å². The molecule has 1 amide bonds. The molecule has 0 bridgehead atoms. The molecule has 6 heteroatoms. The van der Waals surface area contributed by atoms with E-state index in [0.717, 1.165) is 11.1 Å². The number of nitrogens with two attached hydrogens (primary N) is 1. The highest BCUT2D eigenvalue weighted by atomic mass is 16.5. The molecular weight excluding hydrogens is 304 g/mol. The number of hydrogen-bond acceptors (Lipinski definition) is 5. The summed E-state index contributed by atoms with van der Waals surface area (Å²) in [6.45, 7) is 0. The monoisotopic (exact) mass is 320 g/mol. The number of nitrogen functional groups attached to an aromatic ring is 1. The SMILES string of the molecule is COc1cccc(C(=O)Nc2cccc(-c3cnc(N)nc3)c2)c1. The van der Waals surface area contributed by atoms with Gasteiger partial charge in [0.2, 0.25) is 5.95 Å². The average Bonchev–Trinajstić information content (AvgIpc) is 2.62. The van der Waals surface area contributed by atoms with Crippen molar-refractivity contribution in [2.45, 2.75) is 0 Å². The molecule has 3 aromatic rings. The van der Waals surface area contributed by atoms with E-state index < -0.39 is 0 Å². The fourth-order valence-electron chi connectivity index (χ4n) is 2.23. The zero-order chi connectivity index (χ0) is 16.9. The first-order chi connectivity index (χ1) is 11.7. The molecule has 0 aliphatic rings. The smallest absolute Gasteiger partial charge is 0.255 e. The molecule has 0 saturated carbocycles. The van der Waals surface area contributed by atoms with E-state index in [0.29, 0.717) is 17.0 Å². The van der Waals surface area contributed by atoms with Crippen molar-refractivity contribution in [3.63, 3.8) is 0 Å². The van der Waals surface area contributed by atoms with Crippen molar-refractivity contribution >= 4 is 17.5 Å². The molecule has 1 aromatic heterocycles. The summed E-state index contributed by atoms with van der Waals surface area (Å²) < 4.78 is 5.14. The summed E-state index contributed by atoms with van der Waals surface area (Å²) in [6, 6.07) is 14.4. The standard InChI is InChI=1S/C18H16N4O2/c1-24-16-7-3-5-13(9-16)17(23)22-15-6-2-4-12(8-15)14-10-20-18(19)21-11-14/h2-11H,1H3,(H,22,23)(H2,19,20,21). The van der Waals surface area contributed by atoms with Crippen molar-refractivity contribution in [3.8, 4) is 16.9 Å².